The summed E-state index contributed by atoms with van der Waals surface area (Å²) in [5, 5.41) is 0. The fraction of sp³-hybridized carbons (Fsp3) is 0.125. The van der Waals surface area contributed by atoms with E-state index in [4.69, 9.17) is 9.47 Å². The van der Waals surface area contributed by atoms with Gasteiger partial charge in [-0.05, 0) is 80.6 Å². The molecule has 0 bridgehead atoms. The van der Waals surface area contributed by atoms with Gasteiger partial charge in [0, 0.05) is 29.6 Å². The number of ether oxygens (including phenoxy) is 2. The van der Waals surface area contributed by atoms with Gasteiger partial charge in [0.2, 0.25) is 0 Å². The predicted octanol–water partition coefficient (Wildman–Crippen LogP) is 4.70. The average molecular weight is 515 g/mol. The first kappa shape index (κ1) is 19.3. The molecule has 2 rings (SSSR count). The molecule has 0 aliphatic rings. The van der Waals surface area contributed by atoms with Gasteiger partial charge in [0.1, 0.15) is 11.5 Å². The molecule has 0 aliphatic heterocycles. The Morgan fingerprint density at radius 3 is 1.81 bits per heavy atom. The van der Waals surface area contributed by atoms with Crippen LogP contribution in [0.4, 0.5) is 0 Å². The summed E-state index contributed by atoms with van der Waals surface area (Å²) < 4.78 is 12.7. The third-order valence-electron chi connectivity index (χ3n) is 2.81. The van der Waals surface area contributed by atoms with Gasteiger partial charge in [-0.1, -0.05) is 24.3 Å². The molecule has 0 saturated heterocycles. The summed E-state index contributed by atoms with van der Waals surface area (Å²) in [5.74, 6) is 1.81. The van der Waals surface area contributed by atoms with Gasteiger partial charge in [-0.15, -0.1) is 0 Å². The Labute approximate surface area is 174 Å². The molecule has 0 amide bonds. The predicted molar refractivity (Wildman–Crippen MR) is 106 cm³/mol. The number of halogens is 2. The van der Waals surface area contributed by atoms with Crippen LogP contribution in [0.2, 0.25) is 0 Å². The van der Waals surface area contributed by atoms with Crippen LogP contribution in [-0.2, 0) is 0 Å². The molecule has 105 valence electrons. The van der Waals surface area contributed by atoms with Crippen molar-refractivity contribution in [2.75, 3.05) is 14.2 Å². The maximum Gasteiger partial charge on any atom is 0.145 e. The molecule has 0 atom stereocenters. The van der Waals surface area contributed by atoms with Gasteiger partial charge in [0.05, 0.1) is 21.4 Å². The van der Waals surface area contributed by atoms with E-state index in [1.165, 1.54) is 0 Å². The number of hydrogen-bond donors (Lipinski definition) is 0. The van der Waals surface area contributed by atoms with E-state index in [2.05, 4.69) is 69.5 Å². The second-order valence-electron chi connectivity index (χ2n) is 4.12. The molecular weight excluding hydrogens is 501 g/mol. The summed E-state index contributed by atoms with van der Waals surface area (Å²) >= 11 is 4.59. The van der Waals surface area contributed by atoms with Gasteiger partial charge >= 0.3 is 0 Å². The van der Waals surface area contributed by atoms with Crippen LogP contribution in [0.15, 0.2) is 36.4 Å². The number of benzene rings is 2. The van der Waals surface area contributed by atoms with Crippen LogP contribution in [0.5, 0.6) is 11.5 Å². The van der Waals surface area contributed by atoms with Crippen molar-refractivity contribution in [1.82, 2.24) is 0 Å². The normalized spacial score (nSPS) is 10.3. The van der Waals surface area contributed by atoms with Crippen molar-refractivity contribution < 1.29 is 9.47 Å². The first-order chi connectivity index (χ1) is 9.63. The second kappa shape index (κ2) is 9.39. The van der Waals surface area contributed by atoms with Crippen molar-refractivity contribution in [3.8, 4) is 11.5 Å². The molecule has 0 spiro atoms. The number of rotatable bonds is 4. The summed E-state index contributed by atoms with van der Waals surface area (Å²) in [7, 11) is 3.37. The van der Waals surface area contributed by atoms with Crippen LogP contribution in [0.25, 0.3) is 12.2 Å². The molecule has 5 heteroatoms. The first-order valence-electron chi connectivity index (χ1n) is 5.99. The zero-order valence-electron chi connectivity index (χ0n) is 12.2. The average Bonchev–Trinajstić information content (AvgIpc) is 2.45. The molecule has 0 saturated carbocycles. The van der Waals surface area contributed by atoms with Crippen LogP contribution in [0, 0.1) is 7.14 Å². The molecule has 0 N–H and O–H groups in total. The quantitative estimate of drug-likeness (QED) is 0.334. The van der Waals surface area contributed by atoms with Crippen LogP contribution in [0.1, 0.15) is 11.1 Å². The maximum atomic E-state index is 5.37. The Balaban J connectivity index is 0.00000220. The minimum Gasteiger partial charge on any atom is -0.497 e. The Bertz CT molecular complexity index is 602. The monoisotopic (exact) mass is 515 g/mol. The van der Waals surface area contributed by atoms with Crippen molar-refractivity contribution in [1.29, 1.82) is 0 Å². The standard InChI is InChI=1S/C16H14I2O2.Na/c1-19-13-7-5-11(6-8-13)3-4-12-9-14(17)16(20-2)15(18)10-12;/h3-10H,1-2H3;. The van der Waals surface area contributed by atoms with Crippen LogP contribution >= 0.6 is 45.2 Å². The van der Waals surface area contributed by atoms with Gasteiger partial charge in [-0.25, -0.2) is 0 Å². The van der Waals surface area contributed by atoms with E-state index >= 15 is 0 Å². The minimum atomic E-state index is 0. The zero-order valence-corrected chi connectivity index (χ0v) is 18.5. The van der Waals surface area contributed by atoms with E-state index in [9.17, 15) is 0 Å². The molecule has 1 radical (unpaired) electrons. The molecule has 2 aromatic rings. The molecule has 0 aromatic heterocycles. The summed E-state index contributed by atoms with van der Waals surface area (Å²) in [6, 6.07) is 12.2. The Kier molecular flexibility index (Phi) is 8.63. The van der Waals surface area contributed by atoms with E-state index in [0.717, 1.165) is 29.8 Å². The van der Waals surface area contributed by atoms with Crippen molar-refractivity contribution in [2.24, 2.45) is 0 Å². The minimum absolute atomic E-state index is 0. The van der Waals surface area contributed by atoms with E-state index in [1.807, 2.05) is 24.3 Å². The SMILES string of the molecule is COc1ccc(C=Cc2cc(I)c(OC)c(I)c2)cc1.[Na]. The van der Waals surface area contributed by atoms with Crippen molar-refractivity contribution in [2.45, 2.75) is 0 Å². The molecule has 2 aromatic carbocycles. The zero-order chi connectivity index (χ0) is 14.5. The Morgan fingerprint density at radius 2 is 1.33 bits per heavy atom. The topological polar surface area (TPSA) is 18.5 Å². The summed E-state index contributed by atoms with van der Waals surface area (Å²) in [6.07, 6.45) is 4.19. The van der Waals surface area contributed by atoms with E-state index in [-0.39, 0.29) is 29.6 Å². The second-order valence-corrected chi connectivity index (χ2v) is 6.45. The molecule has 0 fully saturated rings. The summed E-state index contributed by atoms with van der Waals surface area (Å²) in [5.41, 5.74) is 2.31. The van der Waals surface area contributed by atoms with E-state index in [1.54, 1.807) is 14.2 Å². The van der Waals surface area contributed by atoms with E-state index in [0.29, 0.717) is 0 Å². The Hall–Kier alpha value is 0.240. The van der Waals surface area contributed by atoms with Gasteiger partial charge in [0.25, 0.3) is 0 Å². The molecule has 0 unspecified atom stereocenters. The van der Waals surface area contributed by atoms with Gasteiger partial charge < -0.3 is 9.47 Å². The largest absolute Gasteiger partial charge is 0.497 e. The molecule has 2 nitrogen and oxygen atoms in total. The maximum absolute atomic E-state index is 5.37. The third kappa shape index (κ3) is 5.42. The number of hydrogen-bond acceptors (Lipinski definition) is 2. The fourth-order valence-electron chi connectivity index (χ4n) is 1.78. The van der Waals surface area contributed by atoms with Crippen molar-refractivity contribution in [3.63, 3.8) is 0 Å². The van der Waals surface area contributed by atoms with Crippen LogP contribution < -0.4 is 9.47 Å². The van der Waals surface area contributed by atoms with Crippen molar-refractivity contribution in [3.05, 3.63) is 54.7 Å². The van der Waals surface area contributed by atoms with Crippen LogP contribution in [-0.4, -0.2) is 43.8 Å². The molecular formula is C16H14I2NaO2. The van der Waals surface area contributed by atoms with Crippen molar-refractivity contribution >= 4 is 86.9 Å². The first-order valence-corrected chi connectivity index (χ1v) is 8.15. The van der Waals surface area contributed by atoms with E-state index < -0.39 is 0 Å². The molecule has 0 aliphatic carbocycles. The Morgan fingerprint density at radius 1 is 0.810 bits per heavy atom. The summed E-state index contributed by atoms with van der Waals surface area (Å²) in [6.45, 7) is 0. The van der Waals surface area contributed by atoms with Crippen LogP contribution in [0.3, 0.4) is 0 Å². The van der Waals surface area contributed by atoms with Gasteiger partial charge in [0.15, 0.2) is 0 Å². The fourth-order valence-corrected chi connectivity index (χ4v) is 4.03. The molecule has 0 heterocycles. The smallest absolute Gasteiger partial charge is 0.145 e. The summed E-state index contributed by atoms with van der Waals surface area (Å²) in [4.78, 5) is 0. The van der Waals surface area contributed by atoms with Gasteiger partial charge in [-0.3, -0.25) is 0 Å². The molecule has 21 heavy (non-hydrogen) atoms. The number of methoxy groups -OCH3 is 2. The van der Waals surface area contributed by atoms with Gasteiger partial charge in [-0.2, -0.15) is 0 Å². The third-order valence-corrected chi connectivity index (χ3v) is 4.41.